The molecule has 2 aromatic rings. The Morgan fingerprint density at radius 3 is 2.82 bits per heavy atom. The third kappa shape index (κ3) is 5.87. The van der Waals surface area contributed by atoms with Crippen molar-refractivity contribution in [3.63, 3.8) is 0 Å². The van der Waals surface area contributed by atoms with Crippen LogP contribution in [0.15, 0.2) is 29.3 Å². The van der Waals surface area contributed by atoms with Crippen molar-refractivity contribution in [2.75, 3.05) is 20.2 Å². The van der Waals surface area contributed by atoms with E-state index in [9.17, 15) is 4.39 Å². The topological polar surface area (TPSA) is 76.4 Å². The quantitative estimate of drug-likeness (QED) is 0.361. The highest BCUT2D eigenvalue weighted by Crippen LogP contribution is 2.17. The molecule has 0 spiro atoms. The summed E-state index contributed by atoms with van der Waals surface area (Å²) in [6.07, 6.45) is 1.65. The summed E-state index contributed by atoms with van der Waals surface area (Å²) in [5, 5.41) is 11.2. The van der Waals surface area contributed by atoms with Gasteiger partial charge in [-0.25, -0.2) is 14.1 Å². The minimum absolute atomic E-state index is 0. The Morgan fingerprint density at radius 1 is 1.39 bits per heavy atom. The molecule has 3 rings (SSSR count). The van der Waals surface area contributed by atoms with E-state index < -0.39 is 0 Å². The molecule has 0 saturated carbocycles. The number of nitrogens with one attached hydrogen (secondary N) is 2. The summed E-state index contributed by atoms with van der Waals surface area (Å²) in [6.45, 7) is 5.93. The molecule has 2 atom stereocenters. The number of aliphatic imine (C=N–C) groups is 1. The lowest BCUT2D eigenvalue weighted by Gasteiger charge is -2.25. The van der Waals surface area contributed by atoms with E-state index in [1.165, 1.54) is 12.1 Å². The average Bonchev–Trinajstić information content (AvgIpc) is 3.03. The Hall–Kier alpha value is -1.75. The van der Waals surface area contributed by atoms with E-state index in [1.807, 2.05) is 18.5 Å². The molecule has 2 N–H and O–H groups in total. The molecule has 1 aromatic heterocycles. The van der Waals surface area contributed by atoms with Crippen molar-refractivity contribution in [1.29, 1.82) is 0 Å². The zero-order chi connectivity index (χ0) is 19.2. The van der Waals surface area contributed by atoms with Crippen LogP contribution < -0.4 is 10.6 Å². The van der Waals surface area contributed by atoms with E-state index >= 15 is 0 Å². The van der Waals surface area contributed by atoms with Crippen LogP contribution in [0.5, 0.6) is 0 Å². The second kappa shape index (κ2) is 10.7. The summed E-state index contributed by atoms with van der Waals surface area (Å²) in [4.78, 5) is 9.12. The first-order chi connectivity index (χ1) is 13.1. The number of fused-ring (bicyclic) bond motifs is 1. The van der Waals surface area contributed by atoms with Gasteiger partial charge in [0.1, 0.15) is 23.6 Å². The van der Waals surface area contributed by atoms with Crippen molar-refractivity contribution in [3.05, 3.63) is 47.3 Å². The Labute approximate surface area is 182 Å². The molecule has 0 amide bonds. The van der Waals surface area contributed by atoms with Crippen LogP contribution in [0.3, 0.4) is 0 Å². The summed E-state index contributed by atoms with van der Waals surface area (Å²) >= 11 is 0. The molecule has 1 aliphatic heterocycles. The van der Waals surface area contributed by atoms with Crippen molar-refractivity contribution in [1.82, 2.24) is 25.4 Å². The average molecular weight is 502 g/mol. The largest absolute Gasteiger partial charge is 0.375 e. The van der Waals surface area contributed by atoms with Gasteiger partial charge >= 0.3 is 0 Å². The molecule has 0 fully saturated rings. The standard InChI is InChI=1S/C19H27FN6O.HI/c1-4-21-19(22-11-17(27-3)14-5-7-15(20)8-6-14)24-16-9-10-18-23-13(2)25-26(18)12-16;/h5-8,16-17H,4,9-12H2,1-3H3,(H2,21,22,24);1H. The predicted molar refractivity (Wildman–Crippen MR) is 118 cm³/mol. The van der Waals surface area contributed by atoms with Gasteiger partial charge < -0.3 is 15.4 Å². The van der Waals surface area contributed by atoms with Crippen LogP contribution in [0.4, 0.5) is 4.39 Å². The molecule has 154 valence electrons. The van der Waals surface area contributed by atoms with Gasteiger partial charge in [0, 0.05) is 26.1 Å². The van der Waals surface area contributed by atoms with E-state index in [4.69, 9.17) is 4.74 Å². The van der Waals surface area contributed by atoms with Crippen molar-refractivity contribution in [3.8, 4) is 0 Å². The summed E-state index contributed by atoms with van der Waals surface area (Å²) in [6, 6.07) is 6.58. The normalized spacial score (nSPS) is 17.4. The monoisotopic (exact) mass is 502 g/mol. The fraction of sp³-hybridized carbons (Fsp3) is 0.526. The van der Waals surface area contributed by atoms with Crippen LogP contribution >= 0.6 is 24.0 Å². The molecular formula is C19H28FIN6O. The molecule has 7 nitrogen and oxygen atoms in total. The number of aromatic nitrogens is 3. The van der Waals surface area contributed by atoms with Gasteiger partial charge in [-0.2, -0.15) is 5.10 Å². The van der Waals surface area contributed by atoms with Crippen LogP contribution in [-0.2, 0) is 17.7 Å². The summed E-state index contributed by atoms with van der Waals surface area (Å²) in [5.74, 6) is 2.34. The molecule has 0 saturated heterocycles. The molecule has 0 bridgehead atoms. The van der Waals surface area contributed by atoms with E-state index in [2.05, 4.69) is 25.7 Å². The smallest absolute Gasteiger partial charge is 0.191 e. The van der Waals surface area contributed by atoms with Crippen LogP contribution in [0, 0.1) is 12.7 Å². The van der Waals surface area contributed by atoms with Crippen molar-refractivity contribution in [2.45, 2.75) is 45.4 Å². The number of nitrogens with zero attached hydrogens (tertiary/aromatic N) is 4. The van der Waals surface area contributed by atoms with Gasteiger partial charge in [-0.05, 0) is 38.0 Å². The van der Waals surface area contributed by atoms with E-state index in [-0.39, 0.29) is 41.9 Å². The minimum atomic E-state index is -0.257. The van der Waals surface area contributed by atoms with Crippen LogP contribution in [0.2, 0.25) is 0 Å². The van der Waals surface area contributed by atoms with Gasteiger partial charge in [-0.1, -0.05) is 12.1 Å². The molecular weight excluding hydrogens is 474 g/mol. The van der Waals surface area contributed by atoms with Gasteiger partial charge in [-0.15, -0.1) is 24.0 Å². The summed E-state index contributed by atoms with van der Waals surface area (Å²) < 4.78 is 20.6. The molecule has 0 aliphatic carbocycles. The second-order valence-electron chi connectivity index (χ2n) is 6.63. The molecule has 1 aromatic carbocycles. The van der Waals surface area contributed by atoms with E-state index in [0.29, 0.717) is 6.54 Å². The zero-order valence-electron chi connectivity index (χ0n) is 16.5. The maximum Gasteiger partial charge on any atom is 0.191 e. The number of hydrogen-bond acceptors (Lipinski definition) is 4. The number of guanidine groups is 1. The fourth-order valence-electron chi connectivity index (χ4n) is 3.23. The van der Waals surface area contributed by atoms with E-state index in [0.717, 1.165) is 49.1 Å². The Kier molecular flexibility index (Phi) is 8.61. The second-order valence-corrected chi connectivity index (χ2v) is 6.63. The Morgan fingerprint density at radius 2 is 2.14 bits per heavy atom. The minimum Gasteiger partial charge on any atom is -0.375 e. The molecule has 0 radical (unpaired) electrons. The fourth-order valence-corrected chi connectivity index (χ4v) is 3.23. The first-order valence-electron chi connectivity index (χ1n) is 9.32. The third-order valence-corrected chi connectivity index (χ3v) is 4.59. The number of ether oxygens (including phenoxy) is 1. The van der Waals surface area contributed by atoms with Crippen LogP contribution in [-0.4, -0.2) is 47.0 Å². The Bertz CT molecular complexity index is 779. The molecule has 28 heavy (non-hydrogen) atoms. The third-order valence-electron chi connectivity index (χ3n) is 4.59. The highest BCUT2D eigenvalue weighted by atomic mass is 127. The first-order valence-corrected chi connectivity index (χ1v) is 9.32. The lowest BCUT2D eigenvalue weighted by atomic mass is 10.1. The van der Waals surface area contributed by atoms with Gasteiger partial charge in [-0.3, -0.25) is 4.99 Å². The highest BCUT2D eigenvalue weighted by Gasteiger charge is 2.21. The Balaban J connectivity index is 0.00000280. The molecule has 2 heterocycles. The van der Waals surface area contributed by atoms with E-state index in [1.54, 1.807) is 19.2 Å². The predicted octanol–water partition coefficient (Wildman–Crippen LogP) is 2.60. The maximum absolute atomic E-state index is 13.1. The number of aryl methyl sites for hydroxylation is 2. The first kappa shape index (κ1) is 22.5. The molecule has 2 unspecified atom stereocenters. The van der Waals surface area contributed by atoms with Crippen molar-refractivity contribution >= 4 is 29.9 Å². The van der Waals surface area contributed by atoms with Crippen molar-refractivity contribution in [2.24, 2.45) is 4.99 Å². The number of halogens is 2. The van der Waals surface area contributed by atoms with Gasteiger partial charge in [0.05, 0.1) is 13.1 Å². The highest BCUT2D eigenvalue weighted by molar-refractivity contribution is 14.0. The number of methoxy groups -OCH3 is 1. The molecule has 1 aliphatic rings. The van der Waals surface area contributed by atoms with Crippen molar-refractivity contribution < 1.29 is 9.13 Å². The van der Waals surface area contributed by atoms with Gasteiger partial charge in [0.15, 0.2) is 5.96 Å². The van der Waals surface area contributed by atoms with Crippen LogP contribution in [0.25, 0.3) is 0 Å². The lowest BCUT2D eigenvalue weighted by molar-refractivity contribution is 0.111. The maximum atomic E-state index is 13.1. The lowest BCUT2D eigenvalue weighted by Crippen LogP contribution is -2.47. The van der Waals surface area contributed by atoms with Gasteiger partial charge in [0.2, 0.25) is 0 Å². The number of benzene rings is 1. The zero-order valence-corrected chi connectivity index (χ0v) is 18.8. The summed E-state index contributed by atoms with van der Waals surface area (Å²) in [7, 11) is 1.64. The summed E-state index contributed by atoms with van der Waals surface area (Å²) in [5.41, 5.74) is 0.902. The number of hydrogen-bond donors (Lipinski definition) is 2. The SMILES string of the molecule is CCNC(=NCC(OC)c1ccc(F)cc1)NC1CCc2nc(C)nn2C1.I. The van der Waals surface area contributed by atoms with Gasteiger partial charge in [0.25, 0.3) is 0 Å². The van der Waals surface area contributed by atoms with Crippen LogP contribution in [0.1, 0.15) is 36.7 Å². The molecule has 9 heteroatoms. The number of rotatable bonds is 6.